The van der Waals surface area contributed by atoms with Gasteiger partial charge in [-0.3, -0.25) is 9.59 Å². The lowest BCUT2D eigenvalue weighted by Gasteiger charge is -2.15. The van der Waals surface area contributed by atoms with E-state index < -0.39 is 0 Å². The Kier molecular flexibility index (Phi) is 4.79. The number of methoxy groups -OCH3 is 1. The molecule has 1 aliphatic heterocycles. The predicted octanol–water partition coefficient (Wildman–Crippen LogP) is 3.00. The second kappa shape index (κ2) is 7.17. The average molecular weight is 324 g/mol. The molecule has 2 aromatic rings. The van der Waals surface area contributed by atoms with Gasteiger partial charge in [-0.25, -0.2) is 0 Å². The Bertz CT molecular complexity index is 741. The van der Waals surface area contributed by atoms with Crippen LogP contribution in [0, 0.1) is 0 Å². The summed E-state index contributed by atoms with van der Waals surface area (Å²) in [6, 6.07) is 14.8. The number of ether oxygens (including phenoxy) is 1. The first-order valence-electron chi connectivity index (χ1n) is 7.99. The fourth-order valence-corrected chi connectivity index (χ4v) is 2.81. The summed E-state index contributed by atoms with van der Waals surface area (Å²) in [6.45, 7) is 0.772. The van der Waals surface area contributed by atoms with E-state index in [0.717, 1.165) is 24.2 Å². The van der Waals surface area contributed by atoms with Crippen molar-refractivity contribution in [2.24, 2.45) is 0 Å². The summed E-state index contributed by atoms with van der Waals surface area (Å²) in [5.74, 6) is 0.777. The first-order chi connectivity index (χ1) is 11.7. The molecular weight excluding hydrogens is 304 g/mol. The lowest BCUT2D eigenvalue weighted by Crippen LogP contribution is -2.23. The van der Waals surface area contributed by atoms with Gasteiger partial charge in [0.15, 0.2) is 0 Å². The highest BCUT2D eigenvalue weighted by Gasteiger charge is 2.21. The van der Waals surface area contributed by atoms with Crippen molar-refractivity contribution >= 4 is 23.2 Å². The third kappa shape index (κ3) is 3.74. The lowest BCUT2D eigenvalue weighted by atomic mass is 10.1. The molecule has 0 spiro atoms. The number of hydrogen-bond acceptors (Lipinski definition) is 3. The smallest absolute Gasteiger partial charge is 0.228 e. The van der Waals surface area contributed by atoms with Crippen molar-refractivity contribution in [2.75, 3.05) is 23.9 Å². The van der Waals surface area contributed by atoms with Gasteiger partial charge in [-0.1, -0.05) is 18.2 Å². The zero-order chi connectivity index (χ0) is 16.9. The molecule has 2 aromatic carbocycles. The molecule has 1 saturated heterocycles. The molecular formula is C19H20N2O3. The summed E-state index contributed by atoms with van der Waals surface area (Å²) in [4.78, 5) is 25.7. The SMILES string of the molecule is COc1cccc(NC(=O)Cc2ccc(N3CCCC3=O)cc2)c1. The van der Waals surface area contributed by atoms with Gasteiger partial charge in [0.2, 0.25) is 11.8 Å². The molecule has 0 atom stereocenters. The predicted molar refractivity (Wildman–Crippen MR) is 93.4 cm³/mol. The molecule has 5 nitrogen and oxygen atoms in total. The molecule has 124 valence electrons. The fraction of sp³-hybridized carbons (Fsp3) is 0.263. The quantitative estimate of drug-likeness (QED) is 0.920. The fourth-order valence-electron chi connectivity index (χ4n) is 2.81. The number of amides is 2. The van der Waals surface area contributed by atoms with E-state index in [4.69, 9.17) is 4.74 Å². The van der Waals surface area contributed by atoms with E-state index in [1.807, 2.05) is 42.5 Å². The van der Waals surface area contributed by atoms with Crippen LogP contribution >= 0.6 is 0 Å². The zero-order valence-electron chi connectivity index (χ0n) is 13.6. The van der Waals surface area contributed by atoms with Crippen LogP contribution in [0.4, 0.5) is 11.4 Å². The summed E-state index contributed by atoms with van der Waals surface area (Å²) in [5, 5.41) is 2.86. The van der Waals surface area contributed by atoms with Gasteiger partial charge >= 0.3 is 0 Å². The van der Waals surface area contributed by atoms with Crippen LogP contribution in [0.1, 0.15) is 18.4 Å². The maximum Gasteiger partial charge on any atom is 0.228 e. The maximum absolute atomic E-state index is 12.2. The molecule has 1 aliphatic rings. The third-order valence-electron chi connectivity index (χ3n) is 4.04. The van der Waals surface area contributed by atoms with E-state index in [1.165, 1.54) is 0 Å². The Morgan fingerprint density at radius 3 is 2.67 bits per heavy atom. The van der Waals surface area contributed by atoms with Crippen LogP contribution in [0.5, 0.6) is 5.75 Å². The van der Waals surface area contributed by atoms with Gasteiger partial charge in [-0.15, -0.1) is 0 Å². The highest BCUT2D eigenvalue weighted by Crippen LogP contribution is 2.22. The van der Waals surface area contributed by atoms with E-state index in [2.05, 4.69) is 5.32 Å². The van der Waals surface area contributed by atoms with Crippen molar-refractivity contribution in [2.45, 2.75) is 19.3 Å². The Balaban J connectivity index is 1.61. The first kappa shape index (κ1) is 16.1. The van der Waals surface area contributed by atoms with E-state index in [9.17, 15) is 9.59 Å². The van der Waals surface area contributed by atoms with Gasteiger partial charge in [0.05, 0.1) is 13.5 Å². The summed E-state index contributed by atoms with van der Waals surface area (Å²) in [5.41, 5.74) is 2.51. The highest BCUT2D eigenvalue weighted by atomic mass is 16.5. The van der Waals surface area contributed by atoms with Crippen LogP contribution in [-0.2, 0) is 16.0 Å². The van der Waals surface area contributed by atoms with Crippen LogP contribution in [0.3, 0.4) is 0 Å². The molecule has 1 heterocycles. The molecule has 1 N–H and O–H groups in total. The number of rotatable bonds is 5. The first-order valence-corrected chi connectivity index (χ1v) is 7.99. The van der Waals surface area contributed by atoms with Crippen molar-refractivity contribution < 1.29 is 14.3 Å². The Morgan fingerprint density at radius 1 is 1.21 bits per heavy atom. The molecule has 1 fully saturated rings. The Labute approximate surface area is 141 Å². The van der Waals surface area contributed by atoms with E-state index in [0.29, 0.717) is 17.9 Å². The molecule has 0 radical (unpaired) electrons. The maximum atomic E-state index is 12.2. The number of carbonyl (C=O) groups is 2. The van der Waals surface area contributed by atoms with Crippen molar-refractivity contribution in [3.05, 3.63) is 54.1 Å². The zero-order valence-corrected chi connectivity index (χ0v) is 13.6. The van der Waals surface area contributed by atoms with E-state index in [-0.39, 0.29) is 18.2 Å². The summed E-state index contributed by atoms with van der Waals surface area (Å²) < 4.78 is 5.14. The molecule has 5 heteroatoms. The molecule has 0 unspecified atom stereocenters. The molecule has 0 aromatic heterocycles. The number of carbonyl (C=O) groups excluding carboxylic acids is 2. The van der Waals surface area contributed by atoms with Gasteiger partial charge in [0.25, 0.3) is 0 Å². The monoisotopic (exact) mass is 324 g/mol. The summed E-state index contributed by atoms with van der Waals surface area (Å²) in [7, 11) is 1.59. The summed E-state index contributed by atoms with van der Waals surface area (Å²) in [6.07, 6.45) is 1.81. The lowest BCUT2D eigenvalue weighted by molar-refractivity contribution is -0.117. The van der Waals surface area contributed by atoms with Crippen LogP contribution in [0.25, 0.3) is 0 Å². The summed E-state index contributed by atoms with van der Waals surface area (Å²) >= 11 is 0. The van der Waals surface area contributed by atoms with Crippen molar-refractivity contribution in [3.63, 3.8) is 0 Å². The average Bonchev–Trinajstić information content (AvgIpc) is 3.01. The molecule has 24 heavy (non-hydrogen) atoms. The standard InChI is InChI=1S/C19H20N2O3/c1-24-17-5-2-4-15(13-17)20-18(22)12-14-7-9-16(10-8-14)21-11-3-6-19(21)23/h2,4-5,7-10,13H,3,6,11-12H2,1H3,(H,20,22). The Hall–Kier alpha value is -2.82. The van der Waals surface area contributed by atoms with Gasteiger partial charge in [0.1, 0.15) is 5.75 Å². The van der Waals surface area contributed by atoms with E-state index in [1.54, 1.807) is 18.1 Å². The molecule has 2 amide bonds. The van der Waals surface area contributed by atoms with Crippen LogP contribution in [0.2, 0.25) is 0 Å². The van der Waals surface area contributed by atoms with Crippen LogP contribution in [-0.4, -0.2) is 25.5 Å². The van der Waals surface area contributed by atoms with Crippen LogP contribution in [0.15, 0.2) is 48.5 Å². The topological polar surface area (TPSA) is 58.6 Å². The van der Waals surface area contributed by atoms with Crippen molar-refractivity contribution in [3.8, 4) is 5.75 Å². The van der Waals surface area contributed by atoms with Crippen LogP contribution < -0.4 is 15.0 Å². The van der Waals surface area contributed by atoms with E-state index >= 15 is 0 Å². The normalized spacial score (nSPS) is 13.9. The molecule has 0 saturated carbocycles. The van der Waals surface area contributed by atoms with Crippen molar-refractivity contribution in [1.82, 2.24) is 0 Å². The second-order valence-electron chi connectivity index (χ2n) is 5.77. The number of hydrogen-bond donors (Lipinski definition) is 1. The highest BCUT2D eigenvalue weighted by molar-refractivity contribution is 5.95. The number of nitrogens with zero attached hydrogens (tertiary/aromatic N) is 1. The second-order valence-corrected chi connectivity index (χ2v) is 5.77. The Morgan fingerprint density at radius 2 is 2.00 bits per heavy atom. The van der Waals surface area contributed by atoms with Crippen molar-refractivity contribution in [1.29, 1.82) is 0 Å². The van der Waals surface area contributed by atoms with Gasteiger partial charge < -0.3 is 15.0 Å². The minimum absolute atomic E-state index is 0.0896. The largest absolute Gasteiger partial charge is 0.497 e. The van der Waals surface area contributed by atoms with Gasteiger partial charge in [-0.2, -0.15) is 0 Å². The molecule has 0 aliphatic carbocycles. The number of nitrogens with one attached hydrogen (secondary N) is 1. The third-order valence-corrected chi connectivity index (χ3v) is 4.04. The molecule has 3 rings (SSSR count). The molecule has 0 bridgehead atoms. The minimum Gasteiger partial charge on any atom is -0.497 e. The number of benzene rings is 2. The minimum atomic E-state index is -0.0896. The number of anilines is 2. The van der Waals surface area contributed by atoms with Gasteiger partial charge in [0, 0.05) is 30.4 Å². The van der Waals surface area contributed by atoms with Gasteiger partial charge in [-0.05, 0) is 36.2 Å².